The van der Waals surface area contributed by atoms with Crippen LogP contribution in [0.5, 0.6) is 0 Å². The van der Waals surface area contributed by atoms with Crippen LogP contribution in [0.3, 0.4) is 0 Å². The maximum atomic E-state index is 14.4. The number of aryl methyl sites for hydroxylation is 2. The van der Waals surface area contributed by atoms with Crippen LogP contribution in [-0.4, -0.2) is 9.55 Å². The van der Waals surface area contributed by atoms with E-state index in [1.807, 2.05) is 13.0 Å². The van der Waals surface area contributed by atoms with E-state index in [4.69, 9.17) is 0 Å². The van der Waals surface area contributed by atoms with Gasteiger partial charge in [0.15, 0.2) is 0 Å². The van der Waals surface area contributed by atoms with E-state index in [0.717, 1.165) is 29.3 Å². The fourth-order valence-corrected chi connectivity index (χ4v) is 3.03. The molecule has 0 amide bonds. The Morgan fingerprint density at radius 3 is 2.71 bits per heavy atom. The van der Waals surface area contributed by atoms with Crippen molar-refractivity contribution >= 4 is 0 Å². The summed E-state index contributed by atoms with van der Waals surface area (Å²) in [6, 6.07) is 6.75. The fourth-order valence-electron chi connectivity index (χ4n) is 3.03. The van der Waals surface area contributed by atoms with Crippen LogP contribution < -0.4 is 5.56 Å². The van der Waals surface area contributed by atoms with E-state index in [0.29, 0.717) is 5.56 Å². The van der Waals surface area contributed by atoms with Crippen molar-refractivity contribution in [3.05, 3.63) is 93.2 Å². The SMILES string of the molecule is Cc1cc(C(CC#CC#Cc2cc[nH]c2)c2cc(F)ccc2F)c(=O)n(C)c1. The number of nitrogens with one attached hydrogen (secondary N) is 1. The highest BCUT2D eigenvalue weighted by Crippen LogP contribution is 2.29. The van der Waals surface area contributed by atoms with Gasteiger partial charge in [0.2, 0.25) is 0 Å². The average molecular weight is 376 g/mol. The molecule has 1 N–H and O–H groups in total. The Morgan fingerprint density at radius 2 is 1.96 bits per heavy atom. The molecule has 3 aromatic rings. The molecule has 0 fully saturated rings. The van der Waals surface area contributed by atoms with Gasteiger partial charge in [0.05, 0.1) is 0 Å². The van der Waals surface area contributed by atoms with Crippen molar-refractivity contribution in [3.63, 3.8) is 0 Å². The molecule has 2 heterocycles. The normalized spacial score (nSPS) is 11.1. The molecule has 0 saturated carbocycles. The second-order valence-electron chi connectivity index (χ2n) is 6.46. The maximum absolute atomic E-state index is 14.4. The van der Waals surface area contributed by atoms with Crippen LogP contribution in [0.4, 0.5) is 8.78 Å². The molecule has 0 aliphatic rings. The Hall–Kier alpha value is -3.57. The molecule has 1 unspecified atom stereocenters. The van der Waals surface area contributed by atoms with Crippen LogP contribution >= 0.6 is 0 Å². The summed E-state index contributed by atoms with van der Waals surface area (Å²) in [4.78, 5) is 15.5. The molecule has 1 aromatic carbocycles. The third kappa shape index (κ3) is 4.39. The third-order valence-corrected chi connectivity index (χ3v) is 4.32. The van der Waals surface area contributed by atoms with Crippen molar-refractivity contribution in [1.82, 2.24) is 9.55 Å². The highest BCUT2D eigenvalue weighted by atomic mass is 19.1. The minimum atomic E-state index is -0.698. The van der Waals surface area contributed by atoms with E-state index in [-0.39, 0.29) is 17.5 Å². The molecule has 3 nitrogen and oxygen atoms in total. The van der Waals surface area contributed by atoms with Gasteiger partial charge in [-0.3, -0.25) is 4.79 Å². The van der Waals surface area contributed by atoms with Crippen molar-refractivity contribution in [2.45, 2.75) is 19.3 Å². The summed E-state index contributed by atoms with van der Waals surface area (Å²) in [6.07, 6.45) is 5.34. The first-order valence-corrected chi connectivity index (χ1v) is 8.69. The molecule has 140 valence electrons. The van der Waals surface area contributed by atoms with E-state index in [1.54, 1.807) is 31.7 Å². The molecule has 28 heavy (non-hydrogen) atoms. The summed E-state index contributed by atoms with van der Waals surface area (Å²) in [5, 5.41) is 0. The quantitative estimate of drug-likeness (QED) is 0.692. The molecule has 0 spiro atoms. The summed E-state index contributed by atoms with van der Waals surface area (Å²) in [5.41, 5.74) is 1.86. The van der Waals surface area contributed by atoms with Gasteiger partial charge in [0, 0.05) is 49.1 Å². The van der Waals surface area contributed by atoms with Gasteiger partial charge in [-0.1, -0.05) is 11.8 Å². The van der Waals surface area contributed by atoms with Crippen LogP contribution in [-0.2, 0) is 7.05 Å². The first kappa shape index (κ1) is 19.2. The van der Waals surface area contributed by atoms with Gasteiger partial charge in [-0.25, -0.2) is 8.78 Å². The smallest absolute Gasteiger partial charge is 0.254 e. The Morgan fingerprint density at radius 1 is 1.14 bits per heavy atom. The van der Waals surface area contributed by atoms with Gasteiger partial charge in [0.1, 0.15) is 11.6 Å². The van der Waals surface area contributed by atoms with Gasteiger partial charge in [0.25, 0.3) is 5.56 Å². The third-order valence-electron chi connectivity index (χ3n) is 4.32. The van der Waals surface area contributed by atoms with Crippen LogP contribution in [0.2, 0.25) is 0 Å². The van der Waals surface area contributed by atoms with E-state index in [2.05, 4.69) is 28.7 Å². The van der Waals surface area contributed by atoms with Gasteiger partial charge in [-0.2, -0.15) is 0 Å². The van der Waals surface area contributed by atoms with Crippen molar-refractivity contribution < 1.29 is 8.78 Å². The summed E-state index contributed by atoms with van der Waals surface area (Å²) < 4.78 is 29.7. The number of aromatic amines is 1. The van der Waals surface area contributed by atoms with Crippen LogP contribution in [0.25, 0.3) is 0 Å². The number of benzene rings is 1. The van der Waals surface area contributed by atoms with Crippen LogP contribution in [0.1, 0.15) is 34.6 Å². The molecule has 0 aliphatic heterocycles. The molecular formula is C23H18F2N2O. The zero-order chi connectivity index (χ0) is 20.1. The van der Waals surface area contributed by atoms with E-state index in [1.165, 1.54) is 4.57 Å². The fraction of sp³-hybridized carbons (Fsp3) is 0.174. The number of H-pyrrole nitrogens is 1. The number of hydrogen-bond donors (Lipinski definition) is 1. The van der Waals surface area contributed by atoms with Crippen molar-refractivity contribution in [2.75, 3.05) is 0 Å². The second-order valence-corrected chi connectivity index (χ2v) is 6.46. The number of hydrogen-bond acceptors (Lipinski definition) is 1. The topological polar surface area (TPSA) is 37.8 Å². The molecule has 1 atom stereocenters. The zero-order valence-electron chi connectivity index (χ0n) is 15.5. The van der Waals surface area contributed by atoms with Crippen molar-refractivity contribution in [3.8, 4) is 23.7 Å². The maximum Gasteiger partial charge on any atom is 0.254 e. The molecule has 3 rings (SSSR count). The highest BCUT2D eigenvalue weighted by molar-refractivity contribution is 5.40. The standard InChI is InChI=1S/C23H18F2N2O/c1-16-12-21(23(28)27(2)15-16)19(20-13-18(24)8-9-22(20)25)7-5-3-4-6-17-10-11-26-14-17/h8-15,19,26H,7H2,1-2H3. The van der Waals surface area contributed by atoms with E-state index >= 15 is 0 Å². The predicted octanol–water partition coefficient (Wildman–Crippen LogP) is 3.88. The molecule has 0 radical (unpaired) electrons. The lowest BCUT2D eigenvalue weighted by molar-refractivity contribution is 0.574. The van der Waals surface area contributed by atoms with E-state index in [9.17, 15) is 13.6 Å². The van der Waals surface area contributed by atoms with Crippen molar-refractivity contribution in [1.29, 1.82) is 0 Å². The summed E-state index contributed by atoms with van der Waals surface area (Å²) in [7, 11) is 1.63. The van der Waals surface area contributed by atoms with Gasteiger partial charge in [-0.15, -0.1) is 0 Å². The average Bonchev–Trinajstić information content (AvgIpc) is 3.17. The molecule has 0 aliphatic carbocycles. The minimum absolute atomic E-state index is 0.107. The Bertz CT molecular complexity index is 1170. The summed E-state index contributed by atoms with van der Waals surface area (Å²) in [5.74, 6) is 9.38. The Kier molecular flexibility index (Phi) is 5.77. The Labute approximate surface area is 162 Å². The van der Waals surface area contributed by atoms with Crippen molar-refractivity contribution in [2.24, 2.45) is 7.05 Å². The second kappa shape index (κ2) is 8.41. The van der Waals surface area contributed by atoms with Crippen LogP contribution in [0, 0.1) is 42.2 Å². The molecule has 2 aromatic heterocycles. The number of nitrogens with zero attached hydrogens (tertiary/aromatic N) is 1. The molecule has 0 saturated heterocycles. The monoisotopic (exact) mass is 376 g/mol. The summed E-state index contributed by atoms with van der Waals surface area (Å²) >= 11 is 0. The minimum Gasteiger partial charge on any atom is -0.367 e. The van der Waals surface area contributed by atoms with Gasteiger partial charge >= 0.3 is 0 Å². The lowest BCUT2D eigenvalue weighted by Crippen LogP contribution is -2.24. The predicted molar refractivity (Wildman–Crippen MR) is 105 cm³/mol. The van der Waals surface area contributed by atoms with Gasteiger partial charge in [-0.05, 0) is 60.2 Å². The largest absolute Gasteiger partial charge is 0.367 e. The summed E-state index contributed by atoms with van der Waals surface area (Å²) in [6.45, 7) is 1.84. The zero-order valence-corrected chi connectivity index (χ0v) is 15.5. The number of halogens is 2. The first-order chi connectivity index (χ1) is 13.5. The number of pyridine rings is 1. The lowest BCUT2D eigenvalue weighted by atomic mass is 9.88. The highest BCUT2D eigenvalue weighted by Gasteiger charge is 2.21. The molecule has 5 heteroatoms. The number of aromatic nitrogens is 2. The number of rotatable bonds is 3. The van der Waals surface area contributed by atoms with Gasteiger partial charge < -0.3 is 9.55 Å². The Balaban J connectivity index is 2.01. The lowest BCUT2D eigenvalue weighted by Gasteiger charge is -2.17. The molecular weight excluding hydrogens is 358 g/mol. The van der Waals surface area contributed by atoms with Crippen LogP contribution in [0.15, 0.2) is 53.7 Å². The molecule has 0 bridgehead atoms. The first-order valence-electron chi connectivity index (χ1n) is 8.69. The van der Waals surface area contributed by atoms with E-state index < -0.39 is 17.6 Å².